The molecule has 0 unspecified atom stereocenters. The number of carboxylic acids is 1. The summed E-state index contributed by atoms with van der Waals surface area (Å²) in [5.74, 6) is -2.27. The number of halogens is 1. The molecule has 6 heteroatoms. The molecule has 0 spiro atoms. The van der Waals surface area contributed by atoms with Crippen LogP contribution in [-0.4, -0.2) is 23.5 Å². The highest BCUT2D eigenvalue weighted by Gasteiger charge is 2.50. The topological polar surface area (TPSA) is 92.4 Å². The molecular formula is C12H13FN2O3. The summed E-state index contributed by atoms with van der Waals surface area (Å²) in [5, 5.41) is 11.4. The van der Waals surface area contributed by atoms with Crippen LogP contribution < -0.4 is 11.1 Å². The molecule has 1 aliphatic carbocycles. The van der Waals surface area contributed by atoms with E-state index in [0.717, 1.165) is 6.07 Å². The van der Waals surface area contributed by atoms with Gasteiger partial charge in [-0.3, -0.25) is 9.59 Å². The molecule has 2 rings (SSSR count). The van der Waals surface area contributed by atoms with Crippen LogP contribution in [0.5, 0.6) is 0 Å². The maximum absolute atomic E-state index is 13.4. The van der Waals surface area contributed by atoms with Gasteiger partial charge in [0.05, 0.1) is 11.0 Å². The van der Waals surface area contributed by atoms with Crippen LogP contribution in [0.25, 0.3) is 0 Å². The Morgan fingerprint density at radius 1 is 1.44 bits per heavy atom. The number of aliphatic carboxylic acids is 1. The molecule has 5 nitrogen and oxygen atoms in total. The van der Waals surface area contributed by atoms with Gasteiger partial charge >= 0.3 is 5.97 Å². The summed E-state index contributed by atoms with van der Waals surface area (Å²) >= 11 is 0. The summed E-state index contributed by atoms with van der Waals surface area (Å²) in [5.41, 5.74) is 4.61. The van der Waals surface area contributed by atoms with Crippen LogP contribution in [0.3, 0.4) is 0 Å². The standard InChI is InChI=1S/C12H13FN2O3/c13-9-5-7(14)1-2-8(9)10(16)15-6-12(3-4-12)11(17)18/h1-2,5H,3-4,6,14H2,(H,15,16)(H,17,18). The van der Waals surface area contributed by atoms with Crippen molar-refractivity contribution in [3.63, 3.8) is 0 Å². The predicted octanol–water partition coefficient (Wildman–Crippen LogP) is 1.00. The van der Waals surface area contributed by atoms with Gasteiger partial charge in [0, 0.05) is 12.2 Å². The van der Waals surface area contributed by atoms with Gasteiger partial charge in [-0.2, -0.15) is 0 Å². The fourth-order valence-corrected chi connectivity index (χ4v) is 1.68. The Hall–Kier alpha value is -2.11. The molecule has 1 aromatic rings. The third kappa shape index (κ3) is 2.27. The molecule has 1 aromatic carbocycles. The Morgan fingerprint density at radius 3 is 2.61 bits per heavy atom. The molecule has 0 bridgehead atoms. The average molecular weight is 252 g/mol. The van der Waals surface area contributed by atoms with Gasteiger partial charge in [-0.25, -0.2) is 4.39 Å². The largest absolute Gasteiger partial charge is 0.481 e. The average Bonchev–Trinajstić information content (AvgIpc) is 3.07. The molecule has 1 aliphatic rings. The van der Waals surface area contributed by atoms with Crippen LogP contribution >= 0.6 is 0 Å². The van der Waals surface area contributed by atoms with Crippen molar-refractivity contribution in [3.05, 3.63) is 29.6 Å². The van der Waals surface area contributed by atoms with E-state index < -0.39 is 23.1 Å². The van der Waals surface area contributed by atoms with E-state index in [1.807, 2.05) is 0 Å². The van der Waals surface area contributed by atoms with Gasteiger partial charge in [0.15, 0.2) is 0 Å². The molecule has 96 valence electrons. The zero-order valence-electron chi connectivity index (χ0n) is 9.57. The molecule has 0 saturated heterocycles. The fourth-order valence-electron chi connectivity index (χ4n) is 1.68. The van der Waals surface area contributed by atoms with Gasteiger partial charge in [-0.1, -0.05) is 0 Å². The van der Waals surface area contributed by atoms with E-state index in [0.29, 0.717) is 12.8 Å². The Balaban J connectivity index is 2.02. The van der Waals surface area contributed by atoms with Gasteiger partial charge in [-0.15, -0.1) is 0 Å². The molecule has 1 fully saturated rings. The van der Waals surface area contributed by atoms with Gasteiger partial charge in [0.1, 0.15) is 5.82 Å². The lowest BCUT2D eigenvalue weighted by atomic mass is 10.1. The first-order chi connectivity index (χ1) is 8.44. The fraction of sp³-hybridized carbons (Fsp3) is 0.333. The number of nitrogen functional groups attached to an aromatic ring is 1. The highest BCUT2D eigenvalue weighted by molar-refractivity contribution is 5.95. The van der Waals surface area contributed by atoms with Crippen molar-refractivity contribution in [1.29, 1.82) is 0 Å². The smallest absolute Gasteiger partial charge is 0.311 e. The Labute approximate surface area is 103 Å². The third-order valence-electron chi connectivity index (χ3n) is 3.13. The van der Waals surface area contributed by atoms with Crippen LogP contribution in [0.15, 0.2) is 18.2 Å². The minimum absolute atomic E-state index is 0.0188. The van der Waals surface area contributed by atoms with Crippen LogP contribution in [0.2, 0.25) is 0 Å². The number of carbonyl (C=O) groups excluding carboxylic acids is 1. The van der Waals surface area contributed by atoms with Crippen molar-refractivity contribution in [2.45, 2.75) is 12.8 Å². The molecule has 0 aromatic heterocycles. The summed E-state index contributed by atoms with van der Waals surface area (Å²) in [6.07, 6.45) is 1.07. The van der Waals surface area contributed by atoms with E-state index in [1.54, 1.807) is 0 Å². The van der Waals surface area contributed by atoms with Gasteiger partial charge < -0.3 is 16.2 Å². The van der Waals surface area contributed by atoms with E-state index in [2.05, 4.69) is 5.32 Å². The van der Waals surface area contributed by atoms with Crippen molar-refractivity contribution in [2.75, 3.05) is 12.3 Å². The Kier molecular flexibility index (Phi) is 2.94. The van der Waals surface area contributed by atoms with Crippen LogP contribution in [-0.2, 0) is 4.79 Å². The lowest BCUT2D eigenvalue weighted by Gasteiger charge is -2.11. The minimum Gasteiger partial charge on any atom is -0.481 e. The highest BCUT2D eigenvalue weighted by atomic mass is 19.1. The number of amides is 1. The predicted molar refractivity (Wildman–Crippen MR) is 62.4 cm³/mol. The van der Waals surface area contributed by atoms with Gasteiger partial charge in [-0.05, 0) is 31.0 Å². The van der Waals surface area contributed by atoms with Crippen LogP contribution in [0.1, 0.15) is 23.2 Å². The SMILES string of the molecule is Nc1ccc(C(=O)NCC2(C(=O)O)CC2)c(F)c1. The monoisotopic (exact) mass is 252 g/mol. The number of anilines is 1. The molecule has 18 heavy (non-hydrogen) atoms. The van der Waals surface area contributed by atoms with Crippen molar-refractivity contribution in [2.24, 2.45) is 5.41 Å². The normalized spacial score (nSPS) is 16.1. The number of hydrogen-bond acceptors (Lipinski definition) is 3. The van der Waals surface area contributed by atoms with Crippen molar-refractivity contribution < 1.29 is 19.1 Å². The van der Waals surface area contributed by atoms with Crippen molar-refractivity contribution in [3.8, 4) is 0 Å². The second kappa shape index (κ2) is 4.29. The molecule has 1 saturated carbocycles. The van der Waals surface area contributed by atoms with Gasteiger partial charge in [0.2, 0.25) is 0 Å². The molecule has 0 aliphatic heterocycles. The zero-order valence-corrected chi connectivity index (χ0v) is 9.57. The first-order valence-electron chi connectivity index (χ1n) is 5.51. The van der Waals surface area contributed by atoms with E-state index in [4.69, 9.17) is 10.8 Å². The third-order valence-corrected chi connectivity index (χ3v) is 3.13. The Bertz CT molecular complexity index is 512. The summed E-state index contributed by atoms with van der Waals surface area (Å²) in [4.78, 5) is 22.6. The second-order valence-corrected chi connectivity index (χ2v) is 4.51. The molecule has 0 atom stereocenters. The van der Waals surface area contributed by atoms with E-state index >= 15 is 0 Å². The molecular weight excluding hydrogens is 239 g/mol. The lowest BCUT2D eigenvalue weighted by molar-refractivity contribution is -0.143. The summed E-state index contributed by atoms with van der Waals surface area (Å²) < 4.78 is 13.4. The van der Waals surface area contributed by atoms with E-state index in [9.17, 15) is 14.0 Å². The van der Waals surface area contributed by atoms with Crippen LogP contribution in [0.4, 0.5) is 10.1 Å². The summed E-state index contributed by atoms with van der Waals surface area (Å²) in [6.45, 7) is 0.0188. The highest BCUT2D eigenvalue weighted by Crippen LogP contribution is 2.45. The van der Waals surface area contributed by atoms with Gasteiger partial charge in [0.25, 0.3) is 5.91 Å². The lowest BCUT2D eigenvalue weighted by Crippen LogP contribution is -2.34. The molecule has 1 amide bonds. The maximum Gasteiger partial charge on any atom is 0.311 e. The maximum atomic E-state index is 13.4. The number of rotatable bonds is 4. The summed E-state index contributed by atoms with van der Waals surface area (Å²) in [6, 6.07) is 3.75. The second-order valence-electron chi connectivity index (χ2n) is 4.51. The zero-order chi connectivity index (χ0) is 13.3. The number of carbonyl (C=O) groups is 2. The van der Waals surface area contributed by atoms with Crippen molar-refractivity contribution in [1.82, 2.24) is 5.32 Å². The molecule has 0 heterocycles. The molecule has 0 radical (unpaired) electrons. The number of hydrogen-bond donors (Lipinski definition) is 3. The first kappa shape index (κ1) is 12.3. The molecule has 4 N–H and O–H groups in total. The summed E-state index contributed by atoms with van der Waals surface area (Å²) in [7, 11) is 0. The number of benzene rings is 1. The van der Waals surface area contributed by atoms with E-state index in [-0.39, 0.29) is 17.8 Å². The Morgan fingerprint density at radius 2 is 2.11 bits per heavy atom. The van der Waals surface area contributed by atoms with E-state index in [1.165, 1.54) is 12.1 Å². The number of nitrogens with one attached hydrogen (secondary N) is 1. The quantitative estimate of drug-likeness (QED) is 0.697. The van der Waals surface area contributed by atoms with Crippen LogP contribution in [0, 0.1) is 11.2 Å². The number of nitrogens with two attached hydrogens (primary N) is 1. The number of carboxylic acid groups (broad SMARTS) is 1. The first-order valence-corrected chi connectivity index (χ1v) is 5.51. The van der Waals surface area contributed by atoms with Crippen molar-refractivity contribution >= 4 is 17.6 Å². The minimum atomic E-state index is -0.930.